The van der Waals surface area contributed by atoms with E-state index in [1.165, 1.54) is 22.3 Å². The predicted molar refractivity (Wildman–Crippen MR) is 105 cm³/mol. The monoisotopic (exact) mass is 329 g/mol. The zero-order valence-electron chi connectivity index (χ0n) is 14.6. The summed E-state index contributed by atoms with van der Waals surface area (Å²) in [6.07, 6.45) is 1.93. The summed E-state index contributed by atoms with van der Waals surface area (Å²) in [5.74, 6) is 1.08. The molecule has 0 atom stereocenters. The van der Waals surface area contributed by atoms with Gasteiger partial charge in [-0.25, -0.2) is 4.98 Å². The topological polar surface area (TPSA) is 19.4 Å². The van der Waals surface area contributed by atoms with E-state index in [1.54, 1.807) is 0 Å². The molecule has 0 saturated carbocycles. The van der Waals surface area contributed by atoms with Gasteiger partial charge in [-0.2, -0.15) is 0 Å². The molecule has 126 valence electrons. The highest BCUT2D eigenvalue weighted by molar-refractivity contribution is 5.74. The van der Waals surface area contributed by atoms with Crippen LogP contribution in [-0.4, -0.2) is 43.1 Å². The molecular weight excluding hydrogens is 306 g/mol. The zero-order chi connectivity index (χ0) is 17.1. The van der Waals surface area contributed by atoms with Gasteiger partial charge in [-0.15, -0.1) is 0 Å². The molecule has 0 amide bonds. The maximum atomic E-state index is 4.60. The molecule has 1 fully saturated rings. The summed E-state index contributed by atoms with van der Waals surface area (Å²) in [6, 6.07) is 23.6. The Bertz CT molecular complexity index is 837. The van der Waals surface area contributed by atoms with Crippen molar-refractivity contribution in [1.29, 1.82) is 0 Å². The quantitative estimate of drug-likeness (QED) is 0.719. The van der Waals surface area contributed by atoms with Gasteiger partial charge in [0.1, 0.15) is 5.82 Å². The molecule has 3 heteroatoms. The van der Waals surface area contributed by atoms with Crippen molar-refractivity contribution < 1.29 is 0 Å². The molecule has 3 nitrogen and oxygen atoms in total. The van der Waals surface area contributed by atoms with Gasteiger partial charge in [0.25, 0.3) is 0 Å². The van der Waals surface area contributed by atoms with Gasteiger partial charge in [0.2, 0.25) is 0 Å². The van der Waals surface area contributed by atoms with Crippen LogP contribution in [0.2, 0.25) is 0 Å². The fourth-order valence-electron chi connectivity index (χ4n) is 3.32. The molecule has 0 radical (unpaired) electrons. The van der Waals surface area contributed by atoms with E-state index in [1.807, 2.05) is 6.20 Å². The molecule has 1 aliphatic rings. The number of likely N-dealkylation sites (N-methyl/N-ethyl adjacent to an activating group) is 1. The second-order valence-corrected chi connectivity index (χ2v) is 6.64. The van der Waals surface area contributed by atoms with Crippen molar-refractivity contribution in [2.45, 2.75) is 0 Å². The smallest absolute Gasteiger partial charge is 0.129 e. The Morgan fingerprint density at radius 1 is 0.680 bits per heavy atom. The molecule has 2 heterocycles. The summed E-state index contributed by atoms with van der Waals surface area (Å²) in [7, 11) is 2.18. The van der Waals surface area contributed by atoms with Gasteiger partial charge in [-0.05, 0) is 47.5 Å². The van der Waals surface area contributed by atoms with Crippen LogP contribution in [0, 0.1) is 0 Å². The van der Waals surface area contributed by atoms with Crippen LogP contribution in [0.25, 0.3) is 22.3 Å². The van der Waals surface area contributed by atoms with E-state index >= 15 is 0 Å². The Morgan fingerprint density at radius 2 is 1.32 bits per heavy atom. The molecule has 25 heavy (non-hydrogen) atoms. The minimum atomic E-state index is 1.04. The van der Waals surface area contributed by atoms with Gasteiger partial charge < -0.3 is 9.80 Å². The third kappa shape index (κ3) is 3.57. The van der Waals surface area contributed by atoms with Crippen LogP contribution < -0.4 is 4.90 Å². The number of aromatic nitrogens is 1. The Labute approximate surface area is 149 Å². The average molecular weight is 329 g/mol. The number of hydrogen-bond acceptors (Lipinski definition) is 3. The van der Waals surface area contributed by atoms with Crippen molar-refractivity contribution in [3.05, 3.63) is 72.9 Å². The van der Waals surface area contributed by atoms with Crippen LogP contribution in [-0.2, 0) is 0 Å². The first-order chi connectivity index (χ1) is 12.3. The molecule has 1 aliphatic heterocycles. The Kier molecular flexibility index (Phi) is 4.49. The minimum Gasteiger partial charge on any atom is -0.354 e. The Hall–Kier alpha value is -2.65. The van der Waals surface area contributed by atoms with E-state index in [0.717, 1.165) is 32.0 Å². The van der Waals surface area contributed by atoms with Gasteiger partial charge in [-0.3, -0.25) is 0 Å². The fraction of sp³-hybridized carbons (Fsp3) is 0.227. The molecule has 0 bridgehead atoms. The molecule has 0 spiro atoms. The molecule has 4 rings (SSSR count). The number of rotatable bonds is 3. The van der Waals surface area contributed by atoms with E-state index in [9.17, 15) is 0 Å². The summed E-state index contributed by atoms with van der Waals surface area (Å²) in [5, 5.41) is 0. The molecule has 1 saturated heterocycles. The lowest BCUT2D eigenvalue weighted by Gasteiger charge is -2.33. The largest absolute Gasteiger partial charge is 0.354 e. The van der Waals surface area contributed by atoms with Crippen LogP contribution in [0.1, 0.15) is 0 Å². The highest BCUT2D eigenvalue weighted by Crippen LogP contribution is 2.28. The minimum absolute atomic E-state index is 1.04. The Balaban J connectivity index is 1.63. The van der Waals surface area contributed by atoms with Gasteiger partial charge in [0, 0.05) is 32.4 Å². The van der Waals surface area contributed by atoms with Crippen LogP contribution in [0.15, 0.2) is 72.9 Å². The van der Waals surface area contributed by atoms with E-state index in [2.05, 4.69) is 88.6 Å². The lowest BCUT2D eigenvalue weighted by atomic mass is 9.99. The summed E-state index contributed by atoms with van der Waals surface area (Å²) in [6.45, 7) is 4.26. The molecule has 0 unspecified atom stereocenters. The van der Waals surface area contributed by atoms with Gasteiger partial charge >= 0.3 is 0 Å². The van der Waals surface area contributed by atoms with E-state index in [0.29, 0.717) is 0 Å². The van der Waals surface area contributed by atoms with Crippen molar-refractivity contribution in [2.24, 2.45) is 0 Å². The molecule has 0 aliphatic carbocycles. The number of hydrogen-bond donors (Lipinski definition) is 0. The standard InChI is InChI=1S/C22H23N3/c1-24-12-14-25(15-13-24)22-17-21(10-11-23-22)20-9-5-8-19(16-20)18-6-3-2-4-7-18/h2-11,16-17H,12-15H2,1H3. The third-order valence-corrected chi connectivity index (χ3v) is 4.88. The van der Waals surface area contributed by atoms with Gasteiger partial charge in [-0.1, -0.05) is 48.5 Å². The van der Waals surface area contributed by atoms with Crippen LogP contribution >= 0.6 is 0 Å². The summed E-state index contributed by atoms with van der Waals surface area (Å²) >= 11 is 0. The first kappa shape index (κ1) is 15.9. The second-order valence-electron chi connectivity index (χ2n) is 6.64. The third-order valence-electron chi connectivity index (χ3n) is 4.88. The number of piperazine rings is 1. The molecule has 2 aromatic carbocycles. The maximum absolute atomic E-state index is 4.60. The SMILES string of the molecule is CN1CCN(c2cc(-c3cccc(-c4ccccc4)c3)ccn2)CC1. The molecule has 1 aromatic heterocycles. The van der Waals surface area contributed by atoms with Crippen molar-refractivity contribution in [3.63, 3.8) is 0 Å². The molecule has 3 aromatic rings. The summed E-state index contributed by atoms with van der Waals surface area (Å²) < 4.78 is 0. The van der Waals surface area contributed by atoms with Crippen molar-refractivity contribution in [1.82, 2.24) is 9.88 Å². The highest BCUT2D eigenvalue weighted by Gasteiger charge is 2.15. The lowest BCUT2D eigenvalue weighted by Crippen LogP contribution is -2.44. The molecular formula is C22H23N3. The first-order valence-corrected chi connectivity index (χ1v) is 8.85. The van der Waals surface area contributed by atoms with Crippen LogP contribution in [0.5, 0.6) is 0 Å². The zero-order valence-corrected chi connectivity index (χ0v) is 14.6. The van der Waals surface area contributed by atoms with E-state index in [-0.39, 0.29) is 0 Å². The highest BCUT2D eigenvalue weighted by atomic mass is 15.3. The van der Waals surface area contributed by atoms with Crippen molar-refractivity contribution in [3.8, 4) is 22.3 Å². The molecule has 0 N–H and O–H groups in total. The number of benzene rings is 2. The normalized spacial score (nSPS) is 15.3. The van der Waals surface area contributed by atoms with Crippen molar-refractivity contribution in [2.75, 3.05) is 38.1 Å². The number of nitrogens with zero attached hydrogens (tertiary/aromatic N) is 3. The fourth-order valence-corrected chi connectivity index (χ4v) is 3.32. The van der Waals surface area contributed by atoms with Crippen LogP contribution in [0.3, 0.4) is 0 Å². The number of anilines is 1. The van der Waals surface area contributed by atoms with Crippen molar-refractivity contribution >= 4 is 5.82 Å². The predicted octanol–water partition coefficient (Wildman–Crippen LogP) is 4.17. The Morgan fingerprint density at radius 3 is 2.08 bits per heavy atom. The number of pyridine rings is 1. The summed E-state index contributed by atoms with van der Waals surface area (Å²) in [4.78, 5) is 9.35. The van der Waals surface area contributed by atoms with E-state index in [4.69, 9.17) is 0 Å². The van der Waals surface area contributed by atoms with Gasteiger partial charge in [0.05, 0.1) is 0 Å². The van der Waals surface area contributed by atoms with Gasteiger partial charge in [0.15, 0.2) is 0 Å². The average Bonchev–Trinajstić information content (AvgIpc) is 2.69. The lowest BCUT2D eigenvalue weighted by molar-refractivity contribution is 0.312. The summed E-state index contributed by atoms with van der Waals surface area (Å²) in [5.41, 5.74) is 4.95. The maximum Gasteiger partial charge on any atom is 0.129 e. The second kappa shape index (κ2) is 7.08. The van der Waals surface area contributed by atoms with E-state index < -0.39 is 0 Å². The first-order valence-electron chi connectivity index (χ1n) is 8.85. The van der Waals surface area contributed by atoms with Crippen LogP contribution in [0.4, 0.5) is 5.82 Å².